The van der Waals surface area contributed by atoms with Gasteiger partial charge in [0.2, 0.25) is 17.7 Å². The fourth-order valence-electron chi connectivity index (χ4n) is 10.4. The molecule has 5 fully saturated rings. The molecule has 0 spiro atoms. The van der Waals surface area contributed by atoms with E-state index in [2.05, 4.69) is 69.1 Å². The van der Waals surface area contributed by atoms with E-state index in [0.717, 1.165) is 77.1 Å². The molecule has 3 aliphatic carbocycles. The van der Waals surface area contributed by atoms with Crippen LogP contribution in [-0.4, -0.2) is 92.5 Å². The van der Waals surface area contributed by atoms with Crippen LogP contribution in [0.5, 0.6) is 0 Å². The summed E-state index contributed by atoms with van der Waals surface area (Å²) < 4.78 is 10.4. The number of aromatic nitrogens is 4. The molecular formula is C49H54N8O6. The number of hydrogen-bond acceptors (Lipinski definition) is 8. The monoisotopic (exact) mass is 850 g/mol. The Morgan fingerprint density at radius 3 is 1.92 bits per heavy atom. The van der Waals surface area contributed by atoms with Crippen molar-refractivity contribution in [3.05, 3.63) is 108 Å². The van der Waals surface area contributed by atoms with Gasteiger partial charge < -0.3 is 39.9 Å². The summed E-state index contributed by atoms with van der Waals surface area (Å²) >= 11 is 0. The number of nitrogens with one attached hydrogen (secondary N) is 4. The third kappa shape index (κ3) is 7.37. The van der Waals surface area contributed by atoms with Gasteiger partial charge in [-0.3, -0.25) is 14.4 Å². The molecule has 2 aliphatic heterocycles. The number of ether oxygens (including phenoxy) is 2. The minimum atomic E-state index is -0.784. The van der Waals surface area contributed by atoms with Crippen molar-refractivity contribution in [2.75, 3.05) is 27.4 Å². The molecule has 0 unspecified atom stereocenters. The van der Waals surface area contributed by atoms with E-state index in [1.807, 2.05) is 66.4 Å². The summed E-state index contributed by atoms with van der Waals surface area (Å²) in [6, 6.07) is 24.2. The first-order chi connectivity index (χ1) is 30.5. The fraction of sp³-hybridized carbons (Fsp3) is 0.429. The molecule has 14 heteroatoms. The molecule has 63 heavy (non-hydrogen) atoms. The van der Waals surface area contributed by atoms with E-state index < -0.39 is 18.2 Å². The Morgan fingerprint density at radius 2 is 1.37 bits per heavy atom. The van der Waals surface area contributed by atoms with E-state index in [-0.39, 0.29) is 58.5 Å². The number of nitrogens with zero attached hydrogens (tertiary/aromatic N) is 4. The highest BCUT2D eigenvalue weighted by Gasteiger charge is 2.91. The number of carbonyl (C=O) groups excluding carboxylic acids is 4. The zero-order chi connectivity index (χ0) is 43.6. The number of rotatable bonds is 14. The quantitative estimate of drug-likeness (QED) is 0.0914. The average molecular weight is 851 g/mol. The molecule has 2 aromatic heterocycles. The SMILES string of the molecule is COC[C@H]1C[C@@H](c2ncc(-c3ccc(-c4ccc(-c5cnc([C@@H]6CC78CC7(C8)N6C(=O)[C@@H](NC(=O)OC)C(C)C)[nH]5)cc4)cc3)[nH]2)N(C(=O)[C@H](NC(=O)C2CC2)c2ccccc2)C1. The van der Waals surface area contributed by atoms with Gasteiger partial charge >= 0.3 is 6.09 Å². The van der Waals surface area contributed by atoms with Crippen LogP contribution in [0.25, 0.3) is 33.6 Å². The standard InChI is InChI=1S/C49H54N8O6/c1-28(2)40(55-47(61)63-4)46(60)57-39(21-48-26-49(48,57)27-48)43-51-23-37(53-43)33-16-12-31(13-17-33)30-10-14-32(15-11-30)36-22-50-42(52-36)38-20-29(25-62-3)24-56(38)45(59)41(34-8-6-5-7-9-34)54-44(58)35-18-19-35/h5-17,22-23,28-29,35,38-41H,18-21,24-27H2,1-4H3,(H,50,52)(H,51,53)(H,54,58)(H,55,61)/t29-,38-,39-,40-,41+,48?,49?/m0/s1. The van der Waals surface area contributed by atoms with Crippen molar-refractivity contribution in [2.45, 2.75) is 82.1 Å². The largest absolute Gasteiger partial charge is 0.453 e. The second kappa shape index (κ2) is 15.8. The van der Waals surface area contributed by atoms with Gasteiger partial charge in [0.25, 0.3) is 0 Å². The number of carbonyl (C=O) groups is 4. The molecule has 2 saturated heterocycles. The van der Waals surface area contributed by atoms with Crippen molar-refractivity contribution < 1.29 is 28.7 Å². The van der Waals surface area contributed by atoms with Gasteiger partial charge in [-0.15, -0.1) is 0 Å². The minimum absolute atomic E-state index is 0.0255. The van der Waals surface area contributed by atoms with E-state index in [1.54, 1.807) is 7.11 Å². The first-order valence-corrected chi connectivity index (χ1v) is 22.1. The van der Waals surface area contributed by atoms with Crippen LogP contribution in [0, 0.1) is 23.2 Å². The van der Waals surface area contributed by atoms with Crippen molar-refractivity contribution in [1.82, 2.24) is 40.4 Å². The zero-order valence-electron chi connectivity index (χ0n) is 36.1. The summed E-state index contributed by atoms with van der Waals surface area (Å²) in [6.45, 7) is 4.89. The fourth-order valence-corrected chi connectivity index (χ4v) is 10.4. The Hall–Kier alpha value is -6.28. The number of benzene rings is 3. The number of H-pyrrole nitrogens is 2. The third-order valence-corrected chi connectivity index (χ3v) is 14.2. The van der Waals surface area contributed by atoms with Crippen LogP contribution in [0.1, 0.15) is 87.7 Å². The molecule has 10 rings (SSSR count). The van der Waals surface area contributed by atoms with Crippen LogP contribution in [0.2, 0.25) is 0 Å². The first-order valence-electron chi connectivity index (χ1n) is 22.1. The molecule has 5 atom stereocenters. The molecule has 4 heterocycles. The Morgan fingerprint density at radius 1 is 0.778 bits per heavy atom. The maximum Gasteiger partial charge on any atom is 0.407 e. The smallest absolute Gasteiger partial charge is 0.407 e. The van der Waals surface area contributed by atoms with Gasteiger partial charge in [0.05, 0.1) is 55.1 Å². The second-order valence-corrected chi connectivity index (χ2v) is 18.7. The average Bonchev–Trinajstić information content (AvgIpc) is 4.11. The molecule has 14 nitrogen and oxygen atoms in total. The maximum atomic E-state index is 14.4. The lowest BCUT2D eigenvalue weighted by Crippen LogP contribution is -2.53. The van der Waals surface area contributed by atoms with Crippen LogP contribution in [0.15, 0.2) is 91.3 Å². The lowest BCUT2D eigenvalue weighted by Gasteiger charge is -2.36. The number of aromatic amines is 2. The van der Waals surface area contributed by atoms with E-state index in [9.17, 15) is 19.2 Å². The first kappa shape index (κ1) is 40.8. The molecule has 326 valence electrons. The van der Waals surface area contributed by atoms with E-state index >= 15 is 0 Å². The van der Waals surface area contributed by atoms with Crippen LogP contribution in [0.4, 0.5) is 4.79 Å². The van der Waals surface area contributed by atoms with Gasteiger partial charge in [-0.25, -0.2) is 14.8 Å². The molecule has 0 bridgehead atoms. The van der Waals surface area contributed by atoms with Gasteiger partial charge in [-0.05, 0) is 72.3 Å². The molecule has 5 aliphatic rings. The predicted molar refractivity (Wildman–Crippen MR) is 234 cm³/mol. The van der Waals surface area contributed by atoms with Crippen molar-refractivity contribution >= 4 is 23.8 Å². The number of hydrogen-bond donors (Lipinski definition) is 4. The van der Waals surface area contributed by atoms with Crippen molar-refractivity contribution in [3.63, 3.8) is 0 Å². The molecule has 3 aromatic carbocycles. The molecule has 3 saturated carbocycles. The van der Waals surface area contributed by atoms with Crippen LogP contribution in [-0.2, 0) is 23.9 Å². The van der Waals surface area contributed by atoms with Gasteiger partial charge in [0.15, 0.2) is 0 Å². The van der Waals surface area contributed by atoms with Gasteiger partial charge in [-0.2, -0.15) is 0 Å². The van der Waals surface area contributed by atoms with Crippen LogP contribution in [0.3, 0.4) is 0 Å². The Labute approximate surface area is 366 Å². The third-order valence-electron chi connectivity index (χ3n) is 14.2. The van der Waals surface area contributed by atoms with E-state index in [1.165, 1.54) is 7.11 Å². The number of piperidine rings is 2. The molecule has 5 aromatic rings. The number of amides is 4. The summed E-state index contributed by atoms with van der Waals surface area (Å²) in [5, 5.41) is 5.84. The Kier molecular flexibility index (Phi) is 10.2. The highest BCUT2D eigenvalue weighted by molar-refractivity contribution is 5.91. The molecule has 0 radical (unpaired) electrons. The van der Waals surface area contributed by atoms with Crippen molar-refractivity contribution in [3.8, 4) is 33.6 Å². The molecule has 4 N–H and O–H groups in total. The Balaban J connectivity index is 0.824. The zero-order valence-corrected chi connectivity index (χ0v) is 36.1. The van der Waals surface area contributed by atoms with Gasteiger partial charge in [-0.1, -0.05) is 92.7 Å². The normalized spacial score (nSPS) is 25.3. The second-order valence-electron chi connectivity index (χ2n) is 18.7. The van der Waals surface area contributed by atoms with E-state index in [0.29, 0.717) is 25.4 Å². The number of likely N-dealkylation sites (tertiary alicyclic amines) is 2. The van der Waals surface area contributed by atoms with Crippen molar-refractivity contribution in [1.29, 1.82) is 0 Å². The number of alkyl carbamates (subject to hydrolysis) is 1. The van der Waals surface area contributed by atoms with Crippen LogP contribution < -0.4 is 10.6 Å². The topological polar surface area (TPSA) is 175 Å². The van der Waals surface area contributed by atoms with Crippen molar-refractivity contribution in [2.24, 2.45) is 23.2 Å². The minimum Gasteiger partial charge on any atom is -0.453 e. The number of imidazole rings is 2. The summed E-state index contributed by atoms with van der Waals surface area (Å²) in [6.07, 6.45) is 8.35. The highest BCUT2D eigenvalue weighted by Crippen LogP contribution is 2.89. The maximum absolute atomic E-state index is 14.4. The molecular weight excluding hydrogens is 797 g/mol. The summed E-state index contributed by atoms with van der Waals surface area (Å²) in [4.78, 5) is 74.1. The summed E-state index contributed by atoms with van der Waals surface area (Å²) in [5.74, 6) is 1.17. The van der Waals surface area contributed by atoms with Gasteiger partial charge in [0.1, 0.15) is 23.7 Å². The summed E-state index contributed by atoms with van der Waals surface area (Å²) in [7, 11) is 2.99. The lowest BCUT2D eigenvalue weighted by molar-refractivity contribution is -0.139. The highest BCUT2D eigenvalue weighted by atomic mass is 16.5. The lowest BCUT2D eigenvalue weighted by atomic mass is 9.97. The molecule has 4 amide bonds. The van der Waals surface area contributed by atoms with Crippen LogP contribution >= 0.6 is 0 Å². The van der Waals surface area contributed by atoms with Gasteiger partial charge in [0, 0.05) is 30.9 Å². The van der Waals surface area contributed by atoms with E-state index in [4.69, 9.17) is 19.4 Å². The predicted octanol–water partition coefficient (Wildman–Crippen LogP) is 7.12. The number of methoxy groups -OCH3 is 2. The summed E-state index contributed by atoms with van der Waals surface area (Å²) in [5.41, 5.74) is 6.63. The Bertz CT molecular complexity index is 2520.